The van der Waals surface area contributed by atoms with Crippen LogP contribution in [0.25, 0.3) is 11.1 Å². The molecule has 2 aliphatic rings. The number of halogens is 2. The number of benzene rings is 1. The number of hydrogen-bond donors (Lipinski definition) is 1. The lowest BCUT2D eigenvalue weighted by molar-refractivity contribution is -0.139. The van der Waals surface area contributed by atoms with Gasteiger partial charge in [-0.3, -0.25) is 15.1 Å². The molecule has 1 aromatic carbocycles. The van der Waals surface area contributed by atoms with Crippen molar-refractivity contribution in [2.24, 2.45) is 0 Å². The van der Waals surface area contributed by atoms with Gasteiger partial charge in [0.1, 0.15) is 5.82 Å². The topological polar surface area (TPSA) is 45.2 Å². The summed E-state index contributed by atoms with van der Waals surface area (Å²) in [5.41, 5.74) is 2.50. The molecule has 1 spiro atoms. The molecule has 0 saturated carbocycles. The van der Waals surface area contributed by atoms with Gasteiger partial charge in [-0.15, -0.1) is 12.4 Å². The number of nitrogens with one attached hydrogen (secondary N) is 1. The van der Waals surface area contributed by atoms with E-state index in [1.165, 1.54) is 12.1 Å². The number of hydrogen-bond acceptors (Lipinski definition) is 3. The first-order valence-electron chi connectivity index (χ1n) is 8.83. The van der Waals surface area contributed by atoms with Gasteiger partial charge >= 0.3 is 0 Å². The minimum atomic E-state index is -0.425. The fraction of sp³-hybridized carbons (Fsp3) is 0.400. The maximum absolute atomic E-state index is 13.1. The van der Waals surface area contributed by atoms with E-state index in [1.54, 1.807) is 18.3 Å². The lowest BCUT2D eigenvalue weighted by Crippen LogP contribution is -2.57. The average molecular weight is 376 g/mol. The summed E-state index contributed by atoms with van der Waals surface area (Å²) in [6.07, 6.45) is 5.47. The molecular weight excluding hydrogens is 353 g/mol. The van der Waals surface area contributed by atoms with E-state index < -0.39 is 5.54 Å². The highest BCUT2D eigenvalue weighted by Gasteiger charge is 2.48. The average Bonchev–Trinajstić information content (AvgIpc) is 3.06. The van der Waals surface area contributed by atoms with Crippen LogP contribution in [0.5, 0.6) is 0 Å². The number of nitrogens with zero attached hydrogens (tertiary/aromatic N) is 2. The largest absolute Gasteiger partial charge is 0.344 e. The zero-order chi connectivity index (χ0) is 17.4. The summed E-state index contributed by atoms with van der Waals surface area (Å²) >= 11 is 0. The highest BCUT2D eigenvalue weighted by Crippen LogP contribution is 2.38. The Labute approximate surface area is 159 Å². The van der Waals surface area contributed by atoms with Crippen molar-refractivity contribution in [1.82, 2.24) is 15.2 Å². The van der Waals surface area contributed by atoms with Gasteiger partial charge < -0.3 is 4.90 Å². The van der Waals surface area contributed by atoms with Crippen LogP contribution in [0.1, 0.15) is 37.4 Å². The Morgan fingerprint density at radius 2 is 1.96 bits per heavy atom. The second kappa shape index (κ2) is 7.33. The van der Waals surface area contributed by atoms with E-state index in [2.05, 4.69) is 10.3 Å². The monoisotopic (exact) mass is 375 g/mol. The van der Waals surface area contributed by atoms with Crippen LogP contribution < -0.4 is 5.32 Å². The quantitative estimate of drug-likeness (QED) is 0.870. The number of likely N-dealkylation sites (tertiary alicyclic amines) is 1. The molecule has 138 valence electrons. The van der Waals surface area contributed by atoms with E-state index in [0.29, 0.717) is 0 Å². The fourth-order valence-corrected chi connectivity index (χ4v) is 4.11. The third-order valence-corrected chi connectivity index (χ3v) is 5.48. The van der Waals surface area contributed by atoms with Crippen molar-refractivity contribution in [3.8, 4) is 11.1 Å². The number of piperidine rings is 1. The minimum Gasteiger partial charge on any atom is -0.344 e. The molecule has 1 N–H and O–H groups in total. The van der Waals surface area contributed by atoms with Crippen molar-refractivity contribution in [2.75, 3.05) is 13.6 Å². The Kier molecular flexibility index (Phi) is 5.30. The Morgan fingerprint density at radius 3 is 2.73 bits per heavy atom. The zero-order valence-corrected chi connectivity index (χ0v) is 15.6. The normalized spacial score (nSPS) is 25.4. The number of pyridine rings is 1. The Hall–Kier alpha value is -1.98. The molecule has 1 amide bonds. The highest BCUT2D eigenvalue weighted by molar-refractivity contribution is 5.87. The summed E-state index contributed by atoms with van der Waals surface area (Å²) in [6, 6.07) is 10.5. The lowest BCUT2D eigenvalue weighted by atomic mass is 9.87. The van der Waals surface area contributed by atoms with E-state index in [0.717, 1.165) is 49.0 Å². The molecule has 3 heterocycles. The van der Waals surface area contributed by atoms with Crippen LogP contribution in [0.2, 0.25) is 0 Å². The summed E-state index contributed by atoms with van der Waals surface area (Å²) in [5.74, 6) is -0.0340. The van der Waals surface area contributed by atoms with Crippen molar-refractivity contribution in [3.63, 3.8) is 0 Å². The predicted molar refractivity (Wildman–Crippen MR) is 102 cm³/mol. The number of carbonyl (C=O) groups is 1. The van der Waals surface area contributed by atoms with Gasteiger partial charge in [0.15, 0.2) is 0 Å². The molecular formula is C20H23ClFN3O. The van der Waals surface area contributed by atoms with Crippen LogP contribution in [0.15, 0.2) is 42.6 Å². The molecule has 0 aliphatic carbocycles. The first-order valence-corrected chi connectivity index (χ1v) is 8.83. The van der Waals surface area contributed by atoms with E-state index >= 15 is 0 Å². The van der Waals surface area contributed by atoms with Crippen LogP contribution in [0, 0.1) is 5.82 Å². The van der Waals surface area contributed by atoms with Crippen molar-refractivity contribution in [2.45, 2.75) is 37.3 Å². The number of amides is 1. The van der Waals surface area contributed by atoms with Gasteiger partial charge in [0, 0.05) is 19.8 Å². The Morgan fingerprint density at radius 1 is 1.19 bits per heavy atom. The molecule has 2 saturated heterocycles. The standard InChI is InChI=1S/C20H22FN3O.ClH/c1-24-12-2-9-20(19(24)25)10-7-17(23-20)18-13-15(8-11-22-18)14-3-5-16(21)6-4-14;/h3-6,8,11,13,17,23H,2,7,9-10,12H2,1H3;1H/t17-,20-;/m1./s1. The second-order valence-corrected chi connectivity index (χ2v) is 7.12. The molecule has 6 heteroatoms. The molecule has 2 aliphatic heterocycles. The van der Waals surface area contributed by atoms with Gasteiger partial charge in [-0.05, 0) is 61.1 Å². The number of rotatable bonds is 2. The fourth-order valence-electron chi connectivity index (χ4n) is 4.11. The predicted octanol–water partition coefficient (Wildman–Crippen LogP) is 3.73. The van der Waals surface area contributed by atoms with Crippen LogP contribution in [-0.2, 0) is 4.79 Å². The Balaban J connectivity index is 0.00000196. The smallest absolute Gasteiger partial charge is 0.242 e. The zero-order valence-electron chi connectivity index (χ0n) is 14.7. The maximum Gasteiger partial charge on any atom is 0.242 e. The maximum atomic E-state index is 13.1. The van der Waals surface area contributed by atoms with E-state index in [9.17, 15) is 9.18 Å². The van der Waals surface area contributed by atoms with E-state index in [1.807, 2.05) is 24.1 Å². The molecule has 0 unspecified atom stereocenters. The third-order valence-electron chi connectivity index (χ3n) is 5.48. The van der Waals surface area contributed by atoms with Gasteiger partial charge in [0.2, 0.25) is 5.91 Å². The second-order valence-electron chi connectivity index (χ2n) is 7.12. The molecule has 4 nitrogen and oxygen atoms in total. The Bertz CT molecular complexity index is 798. The van der Waals surface area contributed by atoms with Gasteiger partial charge in [0.05, 0.1) is 17.3 Å². The third kappa shape index (κ3) is 3.33. The minimum absolute atomic E-state index is 0. The van der Waals surface area contributed by atoms with Gasteiger partial charge in [-0.25, -0.2) is 4.39 Å². The van der Waals surface area contributed by atoms with Crippen molar-refractivity contribution < 1.29 is 9.18 Å². The summed E-state index contributed by atoms with van der Waals surface area (Å²) in [6.45, 7) is 0.839. The SMILES string of the molecule is CN1CCC[C@@]2(CC[C@H](c3cc(-c4ccc(F)cc4)ccn3)N2)C1=O.Cl. The first-order chi connectivity index (χ1) is 12.1. The van der Waals surface area contributed by atoms with Crippen LogP contribution in [0.4, 0.5) is 4.39 Å². The van der Waals surface area contributed by atoms with Crippen molar-refractivity contribution in [1.29, 1.82) is 0 Å². The lowest BCUT2D eigenvalue weighted by Gasteiger charge is -2.38. The molecule has 0 bridgehead atoms. The molecule has 2 atom stereocenters. The summed E-state index contributed by atoms with van der Waals surface area (Å²) in [4.78, 5) is 19.0. The molecule has 4 rings (SSSR count). The number of likely N-dealkylation sites (N-methyl/N-ethyl adjacent to an activating group) is 1. The number of carbonyl (C=O) groups excluding carboxylic acids is 1. The molecule has 2 aromatic rings. The summed E-state index contributed by atoms with van der Waals surface area (Å²) in [5, 5.41) is 3.58. The summed E-state index contributed by atoms with van der Waals surface area (Å²) in [7, 11) is 1.88. The molecule has 2 fully saturated rings. The molecule has 0 radical (unpaired) electrons. The van der Waals surface area contributed by atoms with Crippen LogP contribution in [0.3, 0.4) is 0 Å². The van der Waals surface area contributed by atoms with Crippen LogP contribution >= 0.6 is 12.4 Å². The van der Waals surface area contributed by atoms with E-state index in [-0.39, 0.29) is 30.2 Å². The van der Waals surface area contributed by atoms with Gasteiger partial charge in [0.25, 0.3) is 0 Å². The first kappa shape index (κ1) is 18.8. The van der Waals surface area contributed by atoms with E-state index in [4.69, 9.17) is 0 Å². The number of aromatic nitrogens is 1. The van der Waals surface area contributed by atoms with Crippen molar-refractivity contribution in [3.05, 3.63) is 54.1 Å². The van der Waals surface area contributed by atoms with Gasteiger partial charge in [-0.2, -0.15) is 0 Å². The summed E-state index contributed by atoms with van der Waals surface area (Å²) < 4.78 is 13.1. The molecule has 26 heavy (non-hydrogen) atoms. The van der Waals surface area contributed by atoms with Gasteiger partial charge in [-0.1, -0.05) is 12.1 Å². The highest BCUT2D eigenvalue weighted by atomic mass is 35.5. The molecule has 1 aromatic heterocycles. The van der Waals surface area contributed by atoms with Crippen molar-refractivity contribution >= 4 is 18.3 Å². The van der Waals surface area contributed by atoms with Crippen LogP contribution in [-0.4, -0.2) is 34.9 Å².